The van der Waals surface area contributed by atoms with Gasteiger partial charge in [-0.1, -0.05) is 25.5 Å². The highest BCUT2D eigenvalue weighted by Crippen LogP contribution is 2.36. The Balaban J connectivity index is 1.90. The van der Waals surface area contributed by atoms with Crippen molar-refractivity contribution >= 4 is 28.3 Å². The monoisotopic (exact) mass is 378 g/mol. The van der Waals surface area contributed by atoms with E-state index in [-0.39, 0.29) is 22.8 Å². The van der Waals surface area contributed by atoms with Crippen LogP contribution in [-0.4, -0.2) is 31.2 Å². The highest BCUT2D eigenvalue weighted by Gasteiger charge is 2.29. The molecule has 1 N–H and O–H groups in total. The quantitative estimate of drug-likeness (QED) is 0.706. The molecule has 28 heavy (non-hydrogen) atoms. The number of carbonyl (C=O) groups excluding carboxylic acids is 1. The molecule has 0 bridgehead atoms. The lowest BCUT2D eigenvalue weighted by molar-refractivity contribution is 0.0984. The van der Waals surface area contributed by atoms with Crippen molar-refractivity contribution in [2.75, 3.05) is 29.9 Å². The van der Waals surface area contributed by atoms with E-state index in [2.05, 4.69) is 4.90 Å². The van der Waals surface area contributed by atoms with Crippen LogP contribution in [0.4, 0.5) is 11.4 Å². The summed E-state index contributed by atoms with van der Waals surface area (Å²) in [5, 5.41) is 11.2. The van der Waals surface area contributed by atoms with Gasteiger partial charge in [-0.05, 0) is 36.2 Å². The summed E-state index contributed by atoms with van der Waals surface area (Å²) < 4.78 is 5.41. The number of aromatic hydroxyl groups is 1. The van der Waals surface area contributed by atoms with E-state index >= 15 is 0 Å². The van der Waals surface area contributed by atoms with Gasteiger partial charge in [-0.2, -0.15) is 0 Å². The highest BCUT2D eigenvalue weighted by atomic mass is 16.4. The van der Waals surface area contributed by atoms with Gasteiger partial charge < -0.3 is 19.3 Å². The van der Waals surface area contributed by atoms with Gasteiger partial charge in [0.2, 0.25) is 0 Å². The lowest BCUT2D eigenvalue weighted by atomic mass is 10.0. The average molecular weight is 378 g/mol. The third-order valence-corrected chi connectivity index (χ3v) is 5.20. The molecule has 1 aliphatic rings. The fraction of sp³-hybridized carbons (Fsp3) is 0.273. The maximum Gasteiger partial charge on any atom is 0.336 e. The fourth-order valence-electron chi connectivity index (χ4n) is 3.82. The predicted molar refractivity (Wildman–Crippen MR) is 110 cm³/mol. The minimum Gasteiger partial charge on any atom is -0.507 e. The maximum absolute atomic E-state index is 13.5. The number of likely N-dealkylation sites (N-methyl/N-ethyl adjacent to an activating group) is 1. The normalized spacial score (nSPS) is 13.6. The molecule has 6 nitrogen and oxygen atoms in total. The van der Waals surface area contributed by atoms with Crippen molar-refractivity contribution in [3.05, 3.63) is 64.0 Å². The minimum atomic E-state index is -0.519. The van der Waals surface area contributed by atoms with Gasteiger partial charge in [-0.3, -0.25) is 4.79 Å². The number of rotatable bonds is 3. The summed E-state index contributed by atoms with van der Waals surface area (Å²) in [7, 11) is 1.98. The third-order valence-electron chi connectivity index (χ3n) is 5.20. The minimum absolute atomic E-state index is 0.0342. The van der Waals surface area contributed by atoms with Gasteiger partial charge >= 0.3 is 5.63 Å². The Morgan fingerprint density at radius 3 is 2.64 bits per heavy atom. The molecule has 144 valence electrons. The summed E-state index contributed by atoms with van der Waals surface area (Å²) in [6.07, 6.45) is 1.55. The summed E-state index contributed by atoms with van der Waals surface area (Å²) in [5.41, 5.74) is 2.19. The molecule has 0 saturated heterocycles. The van der Waals surface area contributed by atoms with Gasteiger partial charge in [-0.25, -0.2) is 4.79 Å². The molecule has 1 aromatic heterocycles. The fourth-order valence-corrected chi connectivity index (χ4v) is 3.82. The van der Waals surface area contributed by atoms with Crippen LogP contribution in [0.2, 0.25) is 0 Å². The number of benzene rings is 2. The Morgan fingerprint density at radius 1 is 1.14 bits per heavy atom. The summed E-state index contributed by atoms with van der Waals surface area (Å²) in [4.78, 5) is 29.3. The lowest BCUT2D eigenvalue weighted by Crippen LogP contribution is -2.42. The molecule has 0 radical (unpaired) electrons. The molecule has 1 amide bonds. The molecule has 0 unspecified atom stereocenters. The highest BCUT2D eigenvalue weighted by molar-refractivity contribution is 6.16. The summed E-state index contributed by atoms with van der Waals surface area (Å²) in [6, 6.07) is 12.3. The number of hydrogen-bond donors (Lipinski definition) is 1. The van der Waals surface area contributed by atoms with Crippen molar-refractivity contribution in [1.29, 1.82) is 0 Å². The molecule has 2 heterocycles. The second kappa shape index (κ2) is 7.03. The molecule has 3 aromatic rings. The summed E-state index contributed by atoms with van der Waals surface area (Å²) >= 11 is 0. The van der Waals surface area contributed by atoms with Crippen LogP contribution in [0.3, 0.4) is 0 Å². The lowest BCUT2D eigenvalue weighted by Gasteiger charge is -2.35. The van der Waals surface area contributed by atoms with Gasteiger partial charge in [0.1, 0.15) is 11.3 Å². The number of aryl methyl sites for hydroxylation is 1. The molecule has 2 aromatic carbocycles. The molecule has 0 fully saturated rings. The van der Waals surface area contributed by atoms with Gasteiger partial charge in [-0.15, -0.1) is 0 Å². The molecule has 0 spiro atoms. The van der Waals surface area contributed by atoms with E-state index in [1.807, 2.05) is 38.2 Å². The van der Waals surface area contributed by atoms with Gasteiger partial charge in [0.25, 0.3) is 5.91 Å². The Bertz CT molecular complexity index is 1120. The van der Waals surface area contributed by atoms with Crippen molar-refractivity contribution in [3.63, 3.8) is 0 Å². The first-order valence-corrected chi connectivity index (χ1v) is 9.42. The second-order valence-corrected chi connectivity index (χ2v) is 7.04. The molecule has 0 aliphatic carbocycles. The second-order valence-electron chi connectivity index (χ2n) is 7.04. The van der Waals surface area contributed by atoms with E-state index in [1.165, 1.54) is 12.1 Å². The number of phenols is 1. The van der Waals surface area contributed by atoms with Gasteiger partial charge in [0, 0.05) is 31.6 Å². The zero-order valence-electron chi connectivity index (χ0n) is 15.9. The molecular weight excluding hydrogens is 356 g/mol. The number of anilines is 2. The van der Waals surface area contributed by atoms with E-state index in [4.69, 9.17) is 4.42 Å². The van der Waals surface area contributed by atoms with Crippen molar-refractivity contribution in [1.82, 2.24) is 0 Å². The van der Waals surface area contributed by atoms with Crippen LogP contribution in [0.1, 0.15) is 29.3 Å². The first kappa shape index (κ1) is 18.1. The van der Waals surface area contributed by atoms with E-state index in [0.717, 1.165) is 23.4 Å². The van der Waals surface area contributed by atoms with Crippen LogP contribution in [0.25, 0.3) is 11.0 Å². The number of carbonyl (C=O) groups is 1. The number of nitrogens with zero attached hydrogens (tertiary/aromatic N) is 2. The Labute approximate surface area is 162 Å². The first-order valence-electron chi connectivity index (χ1n) is 9.42. The van der Waals surface area contributed by atoms with Gasteiger partial charge in [0.05, 0.1) is 11.4 Å². The predicted octanol–water partition coefficient (Wildman–Crippen LogP) is 3.55. The SMILES string of the molecule is CCCc1cc(=O)oc2c(C(=O)N3CCN(C)c4ccccc43)c(O)ccc12. The Hall–Kier alpha value is -3.28. The molecule has 0 saturated carbocycles. The number of para-hydroxylation sites is 2. The topological polar surface area (TPSA) is 74.0 Å². The van der Waals surface area contributed by atoms with Crippen molar-refractivity contribution in [3.8, 4) is 5.75 Å². The first-order chi connectivity index (χ1) is 13.5. The van der Waals surface area contributed by atoms with Gasteiger partial charge in [0.15, 0.2) is 5.58 Å². The van der Waals surface area contributed by atoms with E-state index in [0.29, 0.717) is 24.9 Å². The molecule has 4 rings (SSSR count). The van der Waals surface area contributed by atoms with Crippen LogP contribution in [-0.2, 0) is 6.42 Å². The number of phenolic OH excluding ortho intramolecular Hbond substituents is 1. The van der Waals surface area contributed by atoms with Crippen LogP contribution in [0, 0.1) is 0 Å². The molecule has 6 heteroatoms. The largest absolute Gasteiger partial charge is 0.507 e. The summed E-state index contributed by atoms with van der Waals surface area (Å²) in [5.74, 6) is -0.564. The van der Waals surface area contributed by atoms with E-state index in [1.54, 1.807) is 11.0 Å². The van der Waals surface area contributed by atoms with E-state index in [9.17, 15) is 14.7 Å². The molecule has 1 aliphatic heterocycles. The smallest absolute Gasteiger partial charge is 0.336 e. The molecular formula is C22H22N2O4. The summed E-state index contributed by atoms with van der Waals surface area (Å²) in [6.45, 7) is 3.16. The molecule has 0 atom stereocenters. The van der Waals surface area contributed by atoms with Crippen molar-refractivity contribution < 1.29 is 14.3 Å². The average Bonchev–Trinajstić information content (AvgIpc) is 2.68. The number of hydrogen-bond acceptors (Lipinski definition) is 5. The van der Waals surface area contributed by atoms with Crippen LogP contribution < -0.4 is 15.4 Å². The Morgan fingerprint density at radius 2 is 1.89 bits per heavy atom. The zero-order chi connectivity index (χ0) is 19.8. The maximum atomic E-state index is 13.5. The van der Waals surface area contributed by atoms with Crippen LogP contribution in [0.5, 0.6) is 5.75 Å². The van der Waals surface area contributed by atoms with E-state index < -0.39 is 5.63 Å². The zero-order valence-corrected chi connectivity index (χ0v) is 15.9. The standard InChI is InChI=1S/C22H22N2O4/c1-3-6-14-13-19(26)28-21-15(14)9-10-18(25)20(21)22(27)24-12-11-23(2)16-7-4-5-8-17(16)24/h4-5,7-10,13,25H,3,6,11-12H2,1-2H3. The number of amides is 1. The van der Waals surface area contributed by atoms with Crippen LogP contribution >= 0.6 is 0 Å². The van der Waals surface area contributed by atoms with Crippen LogP contribution in [0.15, 0.2) is 51.7 Å². The van der Waals surface area contributed by atoms with Crippen molar-refractivity contribution in [2.24, 2.45) is 0 Å². The van der Waals surface area contributed by atoms with Crippen molar-refractivity contribution in [2.45, 2.75) is 19.8 Å². The Kier molecular flexibility index (Phi) is 4.55. The third kappa shape index (κ3) is 2.91. The number of fused-ring (bicyclic) bond motifs is 2.